The Morgan fingerprint density at radius 2 is 1.83 bits per heavy atom. The lowest BCUT2D eigenvalue weighted by Gasteiger charge is -2.20. The average Bonchev–Trinajstić information content (AvgIpc) is 2.91. The lowest BCUT2D eigenvalue weighted by atomic mass is 10.1. The van der Waals surface area contributed by atoms with E-state index < -0.39 is 38.9 Å². The van der Waals surface area contributed by atoms with E-state index in [0.717, 1.165) is 0 Å². The Kier molecular flexibility index (Phi) is 6.82. The number of hydrogen-bond acceptors (Lipinski definition) is 6. The summed E-state index contributed by atoms with van der Waals surface area (Å²) in [5, 5.41) is 1.69. The van der Waals surface area contributed by atoms with E-state index in [4.69, 9.17) is 4.74 Å². The Bertz CT molecular complexity index is 526. The van der Waals surface area contributed by atoms with Gasteiger partial charge in [0.05, 0.1) is 18.3 Å². The number of ether oxygens (including phenoxy) is 2. The van der Waals surface area contributed by atoms with Crippen LogP contribution in [0.25, 0.3) is 0 Å². The smallest absolute Gasteiger partial charge is 0.407 e. The first kappa shape index (κ1) is 19.7. The normalized spacial score (nSPS) is 21.7. The number of rotatable bonds is 6. The zero-order valence-corrected chi connectivity index (χ0v) is 14.9. The monoisotopic (exact) mass is 350 g/mol. The summed E-state index contributed by atoms with van der Waals surface area (Å²) in [7, 11) is -2.39. The van der Waals surface area contributed by atoms with Gasteiger partial charge in [0.2, 0.25) is 10.0 Å². The third-order valence-electron chi connectivity index (χ3n) is 3.45. The first-order valence-corrected chi connectivity index (χ1v) is 9.14. The standard InChI is InChI=1S/C14H26N2O6S/c1-14(2,3)22-13(18)15-8-9-16-23(19,20)11-7-5-6-10(11)12(17)21-4/h10-11,16H,5-9H2,1-4H3,(H,15,18). The van der Waals surface area contributed by atoms with Crippen molar-refractivity contribution in [3.8, 4) is 0 Å². The van der Waals surface area contributed by atoms with Crippen molar-refractivity contribution in [2.45, 2.75) is 50.9 Å². The molecule has 2 atom stereocenters. The summed E-state index contributed by atoms with van der Waals surface area (Å²) in [6, 6.07) is 0. The molecule has 0 saturated heterocycles. The second-order valence-corrected chi connectivity index (χ2v) is 8.45. The second-order valence-electron chi connectivity index (χ2n) is 6.47. The molecule has 0 aromatic carbocycles. The number of sulfonamides is 1. The fourth-order valence-corrected chi connectivity index (χ4v) is 4.25. The first-order valence-electron chi connectivity index (χ1n) is 7.60. The van der Waals surface area contributed by atoms with E-state index >= 15 is 0 Å². The lowest BCUT2D eigenvalue weighted by molar-refractivity contribution is -0.145. The van der Waals surface area contributed by atoms with E-state index in [-0.39, 0.29) is 13.1 Å². The molecule has 1 fully saturated rings. The van der Waals surface area contributed by atoms with Gasteiger partial charge >= 0.3 is 12.1 Å². The Hall–Kier alpha value is -1.35. The highest BCUT2D eigenvalue weighted by atomic mass is 32.2. The van der Waals surface area contributed by atoms with E-state index in [1.54, 1.807) is 20.8 Å². The third-order valence-corrected chi connectivity index (χ3v) is 5.42. The van der Waals surface area contributed by atoms with Crippen LogP contribution in [-0.2, 0) is 24.3 Å². The SMILES string of the molecule is COC(=O)C1CCCC1S(=O)(=O)NCCNC(=O)OC(C)(C)C. The van der Waals surface area contributed by atoms with E-state index in [9.17, 15) is 18.0 Å². The van der Waals surface area contributed by atoms with Gasteiger partial charge in [0.15, 0.2) is 0 Å². The minimum Gasteiger partial charge on any atom is -0.469 e. The zero-order valence-electron chi connectivity index (χ0n) is 14.0. The Labute approximate surface area is 137 Å². The lowest BCUT2D eigenvalue weighted by Crippen LogP contribution is -2.43. The molecule has 8 nitrogen and oxygen atoms in total. The van der Waals surface area contributed by atoms with Gasteiger partial charge in [-0.25, -0.2) is 17.9 Å². The maximum Gasteiger partial charge on any atom is 0.407 e. The van der Waals surface area contributed by atoms with Crippen molar-refractivity contribution in [2.24, 2.45) is 5.92 Å². The fraction of sp³-hybridized carbons (Fsp3) is 0.857. The number of carbonyl (C=O) groups is 2. The van der Waals surface area contributed by atoms with E-state index in [2.05, 4.69) is 14.8 Å². The van der Waals surface area contributed by atoms with Crippen molar-refractivity contribution in [3.05, 3.63) is 0 Å². The van der Waals surface area contributed by atoms with Crippen molar-refractivity contribution >= 4 is 22.1 Å². The van der Waals surface area contributed by atoms with Crippen LogP contribution < -0.4 is 10.0 Å². The minimum absolute atomic E-state index is 0.0337. The molecule has 0 heterocycles. The van der Waals surface area contributed by atoms with Crippen molar-refractivity contribution in [1.29, 1.82) is 0 Å². The summed E-state index contributed by atoms with van der Waals surface area (Å²) < 4.78 is 36.7. The molecule has 1 rings (SSSR count). The molecule has 134 valence electrons. The second kappa shape index (κ2) is 7.96. The van der Waals surface area contributed by atoms with Crippen LogP contribution in [-0.4, -0.2) is 51.5 Å². The van der Waals surface area contributed by atoms with Crippen molar-refractivity contribution in [1.82, 2.24) is 10.0 Å². The molecule has 0 aromatic rings. The molecule has 1 aliphatic carbocycles. The summed E-state index contributed by atoms with van der Waals surface area (Å²) in [6.07, 6.45) is 0.995. The van der Waals surface area contributed by atoms with E-state index in [1.807, 2.05) is 0 Å². The Balaban J connectivity index is 2.44. The van der Waals surface area contributed by atoms with Crippen LogP contribution >= 0.6 is 0 Å². The Morgan fingerprint density at radius 1 is 1.17 bits per heavy atom. The highest BCUT2D eigenvalue weighted by Crippen LogP contribution is 2.31. The topological polar surface area (TPSA) is 111 Å². The molecule has 1 aliphatic rings. The molecule has 9 heteroatoms. The van der Waals surface area contributed by atoms with Gasteiger partial charge in [-0.3, -0.25) is 4.79 Å². The predicted octanol–water partition coefficient (Wildman–Crippen LogP) is 0.772. The van der Waals surface area contributed by atoms with Gasteiger partial charge < -0.3 is 14.8 Å². The Morgan fingerprint density at radius 3 is 2.39 bits per heavy atom. The molecule has 1 amide bonds. The summed E-state index contributed by atoms with van der Waals surface area (Å²) in [5.74, 6) is -1.12. The number of carbonyl (C=O) groups excluding carboxylic acids is 2. The van der Waals surface area contributed by atoms with Crippen LogP contribution in [0.4, 0.5) is 4.79 Å². The molecule has 1 saturated carbocycles. The molecule has 0 bridgehead atoms. The molecular weight excluding hydrogens is 324 g/mol. The molecular formula is C14H26N2O6S. The molecule has 0 radical (unpaired) electrons. The molecule has 2 unspecified atom stereocenters. The maximum absolute atomic E-state index is 12.3. The van der Waals surface area contributed by atoms with Crippen LogP contribution in [0.2, 0.25) is 0 Å². The quantitative estimate of drug-likeness (QED) is 0.541. The summed E-state index contributed by atoms with van der Waals surface area (Å²) >= 11 is 0. The highest BCUT2D eigenvalue weighted by molar-refractivity contribution is 7.90. The van der Waals surface area contributed by atoms with Gasteiger partial charge in [-0.15, -0.1) is 0 Å². The van der Waals surface area contributed by atoms with E-state index in [0.29, 0.717) is 19.3 Å². The van der Waals surface area contributed by atoms with Crippen LogP contribution in [0, 0.1) is 5.92 Å². The largest absolute Gasteiger partial charge is 0.469 e. The van der Waals surface area contributed by atoms with Crippen molar-refractivity contribution in [2.75, 3.05) is 20.2 Å². The van der Waals surface area contributed by atoms with Gasteiger partial charge in [-0.05, 0) is 33.6 Å². The van der Waals surface area contributed by atoms with Crippen molar-refractivity contribution < 1.29 is 27.5 Å². The number of esters is 1. The van der Waals surface area contributed by atoms with Crippen molar-refractivity contribution in [3.63, 3.8) is 0 Å². The average molecular weight is 350 g/mol. The summed E-state index contributed by atoms with van der Waals surface area (Å²) in [5.41, 5.74) is -0.610. The fourth-order valence-electron chi connectivity index (χ4n) is 2.50. The molecule has 2 N–H and O–H groups in total. The predicted molar refractivity (Wildman–Crippen MR) is 84.3 cm³/mol. The first-order chi connectivity index (χ1) is 10.6. The number of alkyl carbamates (subject to hydrolysis) is 1. The van der Waals surface area contributed by atoms with Gasteiger partial charge in [0, 0.05) is 13.1 Å². The number of nitrogens with one attached hydrogen (secondary N) is 2. The molecule has 23 heavy (non-hydrogen) atoms. The summed E-state index contributed by atoms with van der Waals surface area (Å²) in [6.45, 7) is 5.35. The minimum atomic E-state index is -3.64. The molecule has 0 aliphatic heterocycles. The van der Waals surface area contributed by atoms with Crippen LogP contribution in [0.15, 0.2) is 0 Å². The van der Waals surface area contributed by atoms with Gasteiger partial charge in [0.25, 0.3) is 0 Å². The zero-order chi connectivity index (χ0) is 17.7. The van der Waals surface area contributed by atoms with Crippen LogP contribution in [0.5, 0.6) is 0 Å². The number of methoxy groups -OCH3 is 1. The third kappa shape index (κ3) is 6.34. The van der Waals surface area contributed by atoms with Gasteiger partial charge in [-0.1, -0.05) is 6.42 Å². The van der Waals surface area contributed by atoms with E-state index in [1.165, 1.54) is 7.11 Å². The highest BCUT2D eigenvalue weighted by Gasteiger charge is 2.41. The van der Waals surface area contributed by atoms with Gasteiger partial charge in [0.1, 0.15) is 5.60 Å². The summed E-state index contributed by atoms with van der Waals surface area (Å²) in [4.78, 5) is 23.1. The molecule has 0 aromatic heterocycles. The number of hydrogen-bond donors (Lipinski definition) is 2. The van der Waals surface area contributed by atoms with Gasteiger partial charge in [-0.2, -0.15) is 0 Å². The van der Waals surface area contributed by atoms with Crippen LogP contribution in [0.1, 0.15) is 40.0 Å². The maximum atomic E-state index is 12.3. The number of amides is 1. The van der Waals surface area contributed by atoms with Crippen LogP contribution in [0.3, 0.4) is 0 Å². The molecule has 0 spiro atoms.